The maximum Gasteiger partial charge on any atom is 0.198 e. The number of allylic oxidation sites excluding steroid dienone is 1. The number of carbonyl (C=O) groups is 2. The minimum atomic E-state index is -0.140. The van der Waals surface area contributed by atoms with Gasteiger partial charge in [0.1, 0.15) is 0 Å². The Morgan fingerprint density at radius 1 is 0.677 bits per heavy atom. The van der Waals surface area contributed by atoms with Crippen molar-refractivity contribution in [2.24, 2.45) is 0 Å². The lowest BCUT2D eigenvalue weighted by Gasteiger charge is -2.09. The predicted octanol–water partition coefficient (Wildman–Crippen LogP) is 9.08. The third-order valence-electron chi connectivity index (χ3n) is 5.66. The van der Waals surface area contributed by atoms with Gasteiger partial charge in [0.05, 0.1) is 9.81 Å². The van der Waals surface area contributed by atoms with Crippen LogP contribution in [0.5, 0.6) is 0 Å². The van der Waals surface area contributed by atoms with Crippen LogP contribution in [-0.4, -0.2) is 11.6 Å². The number of rotatable bonds is 17. The molecule has 0 N–H and O–H groups in total. The van der Waals surface area contributed by atoms with Gasteiger partial charge in [-0.3, -0.25) is 9.59 Å². The predicted molar refractivity (Wildman–Crippen MR) is 137 cm³/mol. The second-order valence-corrected chi connectivity index (χ2v) is 10.4. The van der Waals surface area contributed by atoms with Gasteiger partial charge >= 0.3 is 0 Å². The molecule has 0 amide bonds. The molecule has 1 aliphatic heterocycles. The molecule has 170 valence electrons. The molecule has 0 spiro atoms. The largest absolute Gasteiger partial charge is 0.294 e. The molecule has 0 saturated heterocycles. The summed E-state index contributed by atoms with van der Waals surface area (Å²) in [6.45, 7) is 2.27. The van der Waals surface area contributed by atoms with E-state index in [4.69, 9.17) is 0 Å². The van der Waals surface area contributed by atoms with E-state index < -0.39 is 0 Å². The highest BCUT2D eigenvalue weighted by molar-refractivity contribution is 8.27. The highest BCUT2D eigenvalue weighted by atomic mass is 32.2. The Morgan fingerprint density at radius 2 is 1.16 bits per heavy atom. The minimum Gasteiger partial charge on any atom is -0.294 e. The van der Waals surface area contributed by atoms with Gasteiger partial charge in [-0.15, -0.1) is 0 Å². The van der Waals surface area contributed by atoms with Gasteiger partial charge in [-0.1, -0.05) is 138 Å². The van der Waals surface area contributed by atoms with E-state index in [-0.39, 0.29) is 11.6 Å². The summed E-state index contributed by atoms with van der Waals surface area (Å²) in [5.41, 5.74) is 0.974. The van der Waals surface area contributed by atoms with Crippen LogP contribution in [-0.2, 0) is 4.79 Å². The fraction of sp³-hybridized carbons (Fsp3) is 0.556. The Bertz CT molecular complexity index is 712. The zero-order chi connectivity index (χ0) is 22.2. The lowest BCUT2D eigenvalue weighted by atomic mass is 9.97. The van der Waals surface area contributed by atoms with Crippen LogP contribution in [0.3, 0.4) is 0 Å². The first-order valence-electron chi connectivity index (χ1n) is 12.1. The molecule has 0 aliphatic carbocycles. The van der Waals surface area contributed by atoms with Crippen molar-refractivity contribution < 1.29 is 9.59 Å². The molecule has 2 rings (SSSR count). The zero-order valence-electron chi connectivity index (χ0n) is 19.1. The lowest BCUT2D eigenvalue weighted by molar-refractivity contribution is -0.115. The van der Waals surface area contributed by atoms with E-state index in [0.29, 0.717) is 17.6 Å². The van der Waals surface area contributed by atoms with Crippen molar-refractivity contribution in [2.75, 3.05) is 0 Å². The van der Waals surface area contributed by atoms with E-state index in [0.717, 1.165) is 17.1 Å². The van der Waals surface area contributed by atoms with Crippen LogP contribution >= 0.6 is 23.5 Å². The average molecular weight is 459 g/mol. The highest BCUT2D eigenvalue weighted by Crippen LogP contribution is 2.41. The van der Waals surface area contributed by atoms with Crippen LogP contribution in [0.25, 0.3) is 0 Å². The topological polar surface area (TPSA) is 34.1 Å². The first kappa shape index (κ1) is 26.0. The smallest absolute Gasteiger partial charge is 0.198 e. The van der Waals surface area contributed by atoms with Crippen LogP contribution in [0, 0.1) is 0 Å². The van der Waals surface area contributed by atoms with E-state index in [1.165, 1.54) is 94.2 Å². The van der Waals surface area contributed by atoms with Gasteiger partial charge in [0, 0.05) is 12.0 Å². The zero-order valence-corrected chi connectivity index (χ0v) is 20.7. The van der Waals surface area contributed by atoms with Gasteiger partial charge in [0.15, 0.2) is 11.6 Å². The average Bonchev–Trinajstić information content (AvgIpc) is 3.32. The van der Waals surface area contributed by atoms with Crippen LogP contribution in [0.1, 0.15) is 107 Å². The van der Waals surface area contributed by atoms with E-state index in [9.17, 15) is 9.59 Å². The molecular formula is C27H38O2S2. The Balaban J connectivity index is 1.63. The first-order valence-corrected chi connectivity index (χ1v) is 13.9. The van der Waals surface area contributed by atoms with Crippen molar-refractivity contribution in [1.82, 2.24) is 0 Å². The summed E-state index contributed by atoms with van der Waals surface area (Å²) in [4.78, 5) is 25.9. The molecule has 0 bridgehead atoms. The Labute approximate surface area is 197 Å². The molecule has 1 aromatic rings. The molecule has 0 fully saturated rings. The molecule has 1 aliphatic rings. The Morgan fingerprint density at radius 3 is 1.68 bits per heavy atom. The van der Waals surface area contributed by atoms with E-state index in [1.807, 2.05) is 29.0 Å². The number of unbranched alkanes of at least 4 members (excludes halogenated alkanes) is 12. The van der Waals surface area contributed by atoms with Crippen LogP contribution in [0.4, 0.5) is 0 Å². The quantitative estimate of drug-likeness (QED) is 0.0766. The molecule has 31 heavy (non-hydrogen) atoms. The van der Waals surface area contributed by atoms with Crippen molar-refractivity contribution in [3.8, 4) is 0 Å². The molecule has 1 heterocycles. The van der Waals surface area contributed by atoms with Crippen molar-refractivity contribution >= 4 is 35.1 Å². The molecule has 0 atom stereocenters. The van der Waals surface area contributed by atoms with Crippen molar-refractivity contribution in [2.45, 2.75) is 96.8 Å². The van der Waals surface area contributed by atoms with Crippen LogP contribution in [0.2, 0.25) is 0 Å². The van der Waals surface area contributed by atoms with Gasteiger partial charge in [-0.25, -0.2) is 0 Å². The summed E-state index contributed by atoms with van der Waals surface area (Å²) in [5.74, 6) is -0.144. The van der Waals surface area contributed by atoms with Crippen LogP contribution in [0.15, 0.2) is 51.0 Å². The first-order chi connectivity index (χ1) is 15.2. The fourth-order valence-electron chi connectivity index (χ4n) is 3.82. The fourth-order valence-corrected chi connectivity index (χ4v) is 5.72. The van der Waals surface area contributed by atoms with Gasteiger partial charge < -0.3 is 0 Å². The third-order valence-corrected chi connectivity index (χ3v) is 7.79. The molecule has 0 aromatic heterocycles. The molecule has 0 unspecified atom stereocenters. The maximum atomic E-state index is 13.0. The molecule has 2 nitrogen and oxygen atoms in total. The van der Waals surface area contributed by atoms with Gasteiger partial charge in [-0.2, -0.15) is 0 Å². The van der Waals surface area contributed by atoms with E-state index in [2.05, 4.69) is 6.92 Å². The number of thioether (sulfide) groups is 2. The summed E-state index contributed by atoms with van der Waals surface area (Å²) in [7, 11) is 0. The number of Topliss-reactive ketones (excluding diaryl/α,β-unsaturated/α-hetero) is 2. The van der Waals surface area contributed by atoms with Gasteiger partial charge in [-0.05, 0) is 17.2 Å². The minimum absolute atomic E-state index is 0.00405. The van der Waals surface area contributed by atoms with Gasteiger partial charge in [0.2, 0.25) is 0 Å². The number of hydrogen-bond acceptors (Lipinski definition) is 4. The van der Waals surface area contributed by atoms with E-state index >= 15 is 0 Å². The molecule has 1 aromatic carbocycles. The summed E-state index contributed by atoms with van der Waals surface area (Å²) < 4.78 is 0.827. The summed E-state index contributed by atoms with van der Waals surface area (Å²) >= 11 is 2.97. The normalized spacial score (nSPS) is 13.0. The van der Waals surface area contributed by atoms with E-state index in [1.54, 1.807) is 12.1 Å². The lowest BCUT2D eigenvalue weighted by Crippen LogP contribution is -2.14. The molecular weight excluding hydrogens is 420 g/mol. The molecule has 4 heteroatoms. The van der Waals surface area contributed by atoms with Crippen molar-refractivity contribution in [3.63, 3.8) is 0 Å². The number of ketones is 2. The second kappa shape index (κ2) is 16.4. The maximum absolute atomic E-state index is 13.0. The number of carbonyl (C=O) groups excluding carboxylic acids is 2. The molecule has 0 saturated carbocycles. The Kier molecular flexibility index (Phi) is 13.7. The van der Waals surface area contributed by atoms with Gasteiger partial charge in [0.25, 0.3) is 0 Å². The van der Waals surface area contributed by atoms with Crippen molar-refractivity contribution in [3.05, 3.63) is 56.5 Å². The standard InChI is InChI=1S/C27H38O2S2/c1-2-3-4-5-6-7-8-9-10-11-12-13-17-20-24(28)25(27-30-21-22-31-27)26(29)23-18-15-14-16-19-23/h14-16,18-19,21-22H,2-13,17,20H2,1H3. The van der Waals surface area contributed by atoms with Crippen LogP contribution < -0.4 is 0 Å². The molecule has 0 radical (unpaired) electrons. The SMILES string of the molecule is CCCCCCCCCCCCCCCC(=O)C(C(=O)c1ccccc1)=C1SC=CS1. The highest BCUT2D eigenvalue weighted by Gasteiger charge is 2.25. The number of benzene rings is 1. The van der Waals surface area contributed by atoms with Crippen molar-refractivity contribution in [1.29, 1.82) is 0 Å². The second-order valence-electron chi connectivity index (χ2n) is 8.28. The summed E-state index contributed by atoms with van der Waals surface area (Å²) in [6.07, 6.45) is 17.2. The monoisotopic (exact) mass is 458 g/mol. The Hall–Kier alpha value is -1.26. The number of hydrogen-bond donors (Lipinski definition) is 0. The third kappa shape index (κ3) is 10.3. The summed E-state index contributed by atoms with van der Waals surface area (Å²) in [6, 6.07) is 9.16. The summed E-state index contributed by atoms with van der Waals surface area (Å²) in [5, 5.41) is 3.88.